The minimum absolute atomic E-state index is 0.0154. The van der Waals surface area contributed by atoms with Gasteiger partial charge in [-0.25, -0.2) is 26.7 Å². The van der Waals surface area contributed by atoms with Gasteiger partial charge in [0, 0.05) is 23.6 Å². The van der Waals surface area contributed by atoms with E-state index in [1.54, 1.807) is 29.6 Å². The van der Waals surface area contributed by atoms with Gasteiger partial charge >= 0.3 is 0 Å². The van der Waals surface area contributed by atoms with Crippen LogP contribution in [-0.2, 0) is 32.9 Å². The van der Waals surface area contributed by atoms with Crippen molar-refractivity contribution < 1.29 is 21.4 Å². The van der Waals surface area contributed by atoms with Gasteiger partial charge in [-0.15, -0.1) is 11.3 Å². The first-order chi connectivity index (χ1) is 13.2. The van der Waals surface area contributed by atoms with Gasteiger partial charge < -0.3 is 4.52 Å². The van der Waals surface area contributed by atoms with Gasteiger partial charge in [0.1, 0.15) is 4.21 Å². The summed E-state index contributed by atoms with van der Waals surface area (Å²) in [6, 6.07) is 9.34. The molecule has 0 unspecified atom stereocenters. The molecule has 0 atom stereocenters. The first-order valence-electron chi connectivity index (χ1n) is 8.35. The molecule has 0 aliphatic heterocycles. The molecular weight excluding hydrogens is 422 g/mol. The summed E-state index contributed by atoms with van der Waals surface area (Å²) in [5.41, 5.74) is 2.25. The van der Waals surface area contributed by atoms with E-state index in [1.165, 1.54) is 12.1 Å². The van der Waals surface area contributed by atoms with Crippen molar-refractivity contribution in [3.63, 3.8) is 0 Å². The standard InChI is InChI=1S/C17H19N3O5S3/c1-2-14-10-16(25-20-14)13-9-17(26-11-13)28(23,24)19-8-7-12-3-5-15(6-4-12)27(18,21)22/h3-6,9-11,19H,2,7-8H2,1H3,(H2,18,21,22). The number of sulfonamides is 2. The van der Waals surface area contributed by atoms with Crippen LogP contribution >= 0.6 is 11.3 Å². The van der Waals surface area contributed by atoms with Crippen molar-refractivity contribution in [1.82, 2.24) is 9.88 Å². The zero-order valence-corrected chi connectivity index (χ0v) is 17.4. The molecule has 0 saturated heterocycles. The molecule has 0 bridgehead atoms. The average Bonchev–Trinajstić information content (AvgIpc) is 3.31. The van der Waals surface area contributed by atoms with Crippen LogP contribution < -0.4 is 9.86 Å². The van der Waals surface area contributed by atoms with Gasteiger partial charge in [-0.05, 0) is 36.6 Å². The maximum absolute atomic E-state index is 12.5. The number of rotatable bonds is 8. The number of primary sulfonamides is 1. The third-order valence-electron chi connectivity index (χ3n) is 4.00. The summed E-state index contributed by atoms with van der Waals surface area (Å²) in [6.45, 7) is 2.13. The largest absolute Gasteiger partial charge is 0.356 e. The molecule has 0 aliphatic carbocycles. The highest BCUT2D eigenvalue weighted by atomic mass is 32.2. The summed E-state index contributed by atoms with van der Waals surface area (Å²) in [4.78, 5) is 0.0154. The fourth-order valence-electron chi connectivity index (χ4n) is 2.45. The van der Waals surface area contributed by atoms with Crippen LogP contribution in [0.4, 0.5) is 0 Å². The van der Waals surface area contributed by atoms with E-state index in [4.69, 9.17) is 9.66 Å². The summed E-state index contributed by atoms with van der Waals surface area (Å²) in [6.07, 6.45) is 1.14. The first kappa shape index (κ1) is 20.7. The van der Waals surface area contributed by atoms with Gasteiger partial charge in [-0.3, -0.25) is 0 Å². The molecule has 3 N–H and O–H groups in total. The second-order valence-electron chi connectivity index (χ2n) is 6.03. The number of hydrogen-bond acceptors (Lipinski definition) is 7. The van der Waals surface area contributed by atoms with Crippen LogP contribution in [0.2, 0.25) is 0 Å². The maximum Gasteiger partial charge on any atom is 0.250 e. The van der Waals surface area contributed by atoms with Crippen LogP contribution in [0.1, 0.15) is 18.2 Å². The quantitative estimate of drug-likeness (QED) is 0.550. The van der Waals surface area contributed by atoms with Gasteiger partial charge in [-0.2, -0.15) is 0 Å². The minimum atomic E-state index is -3.74. The number of nitrogens with one attached hydrogen (secondary N) is 1. The van der Waals surface area contributed by atoms with Crippen molar-refractivity contribution in [2.75, 3.05) is 6.54 Å². The number of aromatic nitrogens is 1. The summed E-state index contributed by atoms with van der Waals surface area (Å²) in [5, 5.41) is 10.7. The number of aryl methyl sites for hydroxylation is 1. The van der Waals surface area contributed by atoms with E-state index >= 15 is 0 Å². The van der Waals surface area contributed by atoms with Crippen molar-refractivity contribution >= 4 is 31.4 Å². The third kappa shape index (κ3) is 4.86. The lowest BCUT2D eigenvalue weighted by molar-refractivity contribution is 0.424. The molecule has 8 nitrogen and oxygen atoms in total. The molecule has 0 spiro atoms. The highest BCUT2D eigenvalue weighted by Crippen LogP contribution is 2.29. The number of thiophene rings is 1. The first-order valence-corrected chi connectivity index (χ1v) is 12.3. The van der Waals surface area contributed by atoms with Crippen LogP contribution in [0.15, 0.2) is 55.4 Å². The summed E-state index contributed by atoms with van der Waals surface area (Å²) in [5.74, 6) is 0.532. The highest BCUT2D eigenvalue weighted by Gasteiger charge is 2.18. The summed E-state index contributed by atoms with van der Waals surface area (Å²) < 4.78 is 55.4. The number of hydrogen-bond donors (Lipinski definition) is 2. The number of nitrogens with two attached hydrogens (primary N) is 1. The minimum Gasteiger partial charge on any atom is -0.356 e. The Morgan fingerprint density at radius 1 is 1.14 bits per heavy atom. The second-order valence-corrected chi connectivity index (χ2v) is 10.5. The zero-order valence-electron chi connectivity index (χ0n) is 15.0. The van der Waals surface area contributed by atoms with Gasteiger partial charge in [0.05, 0.1) is 10.6 Å². The molecular formula is C17H19N3O5S3. The third-order valence-corrected chi connectivity index (χ3v) is 7.83. The van der Waals surface area contributed by atoms with E-state index in [1.807, 2.05) is 6.92 Å². The van der Waals surface area contributed by atoms with E-state index in [9.17, 15) is 16.8 Å². The second kappa shape index (κ2) is 8.13. The Balaban J connectivity index is 1.63. The molecule has 0 aliphatic rings. The number of nitrogens with zero attached hydrogens (tertiary/aromatic N) is 1. The number of benzene rings is 1. The SMILES string of the molecule is CCc1cc(-c2csc(S(=O)(=O)NCCc3ccc(S(N)(=O)=O)cc3)c2)on1. The molecule has 28 heavy (non-hydrogen) atoms. The van der Waals surface area contributed by atoms with Crippen LogP contribution in [0.25, 0.3) is 11.3 Å². The van der Waals surface area contributed by atoms with Crippen LogP contribution in [-0.4, -0.2) is 28.5 Å². The fourth-order valence-corrected chi connectivity index (χ4v) is 5.21. The molecule has 0 amide bonds. The zero-order chi connectivity index (χ0) is 20.4. The molecule has 0 fully saturated rings. The Morgan fingerprint density at radius 3 is 2.46 bits per heavy atom. The van der Waals surface area contributed by atoms with Crippen LogP contribution in [0.5, 0.6) is 0 Å². The van der Waals surface area contributed by atoms with Gasteiger partial charge in [0.15, 0.2) is 5.76 Å². The van der Waals surface area contributed by atoms with Crippen molar-refractivity contribution in [3.05, 3.63) is 53.0 Å². The Morgan fingerprint density at radius 2 is 1.86 bits per heavy atom. The molecule has 0 radical (unpaired) electrons. The molecule has 2 aromatic heterocycles. The smallest absolute Gasteiger partial charge is 0.250 e. The Hall–Kier alpha value is -2.05. The predicted molar refractivity (Wildman–Crippen MR) is 106 cm³/mol. The van der Waals surface area contributed by atoms with E-state index in [-0.39, 0.29) is 15.6 Å². The van der Waals surface area contributed by atoms with Crippen molar-refractivity contribution in [2.45, 2.75) is 28.9 Å². The lowest BCUT2D eigenvalue weighted by Crippen LogP contribution is -2.25. The predicted octanol–water partition coefficient (Wildman–Crippen LogP) is 2.13. The van der Waals surface area contributed by atoms with E-state index in [0.29, 0.717) is 17.7 Å². The molecule has 0 saturated carbocycles. The van der Waals surface area contributed by atoms with Gasteiger partial charge in [0.2, 0.25) is 20.0 Å². The van der Waals surface area contributed by atoms with Crippen LogP contribution in [0, 0.1) is 0 Å². The lowest BCUT2D eigenvalue weighted by Gasteiger charge is -2.05. The topological polar surface area (TPSA) is 132 Å². The maximum atomic E-state index is 12.5. The van der Waals surface area contributed by atoms with Crippen LogP contribution in [0.3, 0.4) is 0 Å². The summed E-state index contributed by atoms with van der Waals surface area (Å²) >= 11 is 1.10. The monoisotopic (exact) mass is 441 g/mol. The van der Waals surface area contributed by atoms with E-state index < -0.39 is 20.0 Å². The summed E-state index contributed by atoms with van der Waals surface area (Å²) in [7, 11) is -7.40. The van der Waals surface area contributed by atoms with E-state index in [0.717, 1.165) is 29.0 Å². The normalized spacial score (nSPS) is 12.4. The van der Waals surface area contributed by atoms with Crippen molar-refractivity contribution in [2.24, 2.45) is 5.14 Å². The average molecular weight is 442 g/mol. The molecule has 3 rings (SSSR count). The van der Waals surface area contributed by atoms with Gasteiger partial charge in [0.25, 0.3) is 0 Å². The lowest BCUT2D eigenvalue weighted by atomic mass is 10.2. The molecule has 2 heterocycles. The molecule has 150 valence electrons. The fraction of sp³-hybridized carbons (Fsp3) is 0.235. The molecule has 3 aromatic rings. The van der Waals surface area contributed by atoms with Crippen molar-refractivity contribution in [1.29, 1.82) is 0 Å². The molecule has 11 heteroatoms. The highest BCUT2D eigenvalue weighted by molar-refractivity contribution is 7.91. The van der Waals surface area contributed by atoms with E-state index in [2.05, 4.69) is 9.88 Å². The van der Waals surface area contributed by atoms with Gasteiger partial charge in [-0.1, -0.05) is 24.2 Å². The van der Waals surface area contributed by atoms with Crippen molar-refractivity contribution in [3.8, 4) is 11.3 Å². The molecule has 1 aromatic carbocycles. The Labute approximate surface area is 167 Å². The Bertz CT molecular complexity index is 1160. The Kier molecular flexibility index (Phi) is 6.01.